The largest absolute Gasteiger partial charge is 0.598 e. The van der Waals surface area contributed by atoms with Gasteiger partial charge in [-0.15, -0.1) is 4.72 Å². The van der Waals surface area contributed by atoms with Crippen LogP contribution in [0.1, 0.15) is 66.9 Å². The zero-order valence-corrected chi connectivity index (χ0v) is 26.9. The summed E-state index contributed by atoms with van der Waals surface area (Å²) in [5, 5.41) is 0.818. The van der Waals surface area contributed by atoms with Crippen molar-refractivity contribution in [3.05, 3.63) is 36.2 Å². The number of benzene rings is 1. The molecule has 1 N–H and O–H groups in total. The van der Waals surface area contributed by atoms with E-state index < -0.39 is 17.0 Å². The molecule has 9 nitrogen and oxygen atoms in total. The minimum absolute atomic E-state index is 0.0269. The van der Waals surface area contributed by atoms with Crippen LogP contribution < -0.4 is 14.5 Å². The Balaban J connectivity index is 1.22. The van der Waals surface area contributed by atoms with Crippen LogP contribution in [-0.4, -0.2) is 69.3 Å². The molecule has 2 aromatic rings. The van der Waals surface area contributed by atoms with Gasteiger partial charge in [-0.05, 0) is 85.4 Å². The van der Waals surface area contributed by atoms with Crippen LogP contribution in [0.4, 0.5) is 16.3 Å². The molecule has 0 saturated carbocycles. The molecular weight excluding hydrogens is 558 g/mol. The Bertz CT molecular complexity index is 1240. The molecule has 1 amide bonds. The quantitative estimate of drug-likeness (QED) is 0.454. The SMILES string of the molecule is C[C@@H]1OCC2(CCN(c3cnc(Sc4cccc5c4CCN5C(=O)OC(C)(C)C)cn3)CC2)[C@@H]1N[S+]([O-])C(C)(C)C. The number of hydrogen-bond donors (Lipinski definition) is 1. The number of carbonyl (C=O) groups excluding carboxylic acids is 1. The minimum atomic E-state index is -1.14. The number of hydrogen-bond acceptors (Lipinski definition) is 9. The summed E-state index contributed by atoms with van der Waals surface area (Å²) in [7, 11) is 0. The van der Waals surface area contributed by atoms with Crippen LogP contribution in [0.25, 0.3) is 0 Å². The summed E-state index contributed by atoms with van der Waals surface area (Å²) in [4.78, 5) is 27.3. The van der Waals surface area contributed by atoms with E-state index in [-0.39, 0.29) is 28.4 Å². The van der Waals surface area contributed by atoms with Crippen molar-refractivity contribution < 1.29 is 18.8 Å². The predicted octanol–water partition coefficient (Wildman–Crippen LogP) is 5.35. The second-order valence-electron chi connectivity index (χ2n) is 13.3. The number of amides is 1. The molecule has 0 radical (unpaired) electrons. The average molecular weight is 602 g/mol. The number of rotatable bonds is 5. The van der Waals surface area contributed by atoms with Gasteiger partial charge in [0.25, 0.3) is 0 Å². The number of nitrogens with zero attached hydrogens (tertiary/aromatic N) is 4. The first-order valence-corrected chi connectivity index (χ1v) is 16.4. The normalized spacial score (nSPS) is 23.1. The maximum absolute atomic E-state index is 12.9. The number of nitrogens with one attached hydrogen (secondary N) is 1. The van der Waals surface area contributed by atoms with Crippen molar-refractivity contribution in [3.8, 4) is 0 Å². The molecule has 0 bridgehead atoms. The lowest BCUT2D eigenvalue weighted by Gasteiger charge is -2.43. The first-order valence-electron chi connectivity index (χ1n) is 14.4. The van der Waals surface area contributed by atoms with Gasteiger partial charge in [0.05, 0.1) is 36.8 Å². The van der Waals surface area contributed by atoms with Gasteiger partial charge < -0.3 is 18.9 Å². The highest BCUT2D eigenvalue weighted by Crippen LogP contribution is 2.44. The van der Waals surface area contributed by atoms with Crippen LogP contribution in [0.5, 0.6) is 0 Å². The molecule has 3 aliphatic heterocycles. The highest BCUT2D eigenvalue weighted by Gasteiger charge is 2.52. The molecule has 2 fully saturated rings. The van der Waals surface area contributed by atoms with Gasteiger partial charge in [0.2, 0.25) is 0 Å². The molecule has 3 atom stereocenters. The molecule has 5 rings (SSSR count). The van der Waals surface area contributed by atoms with E-state index >= 15 is 0 Å². The van der Waals surface area contributed by atoms with Crippen molar-refractivity contribution >= 4 is 40.7 Å². The molecular formula is C30H43N5O4S2. The average Bonchev–Trinajstić information content (AvgIpc) is 3.46. The zero-order chi connectivity index (χ0) is 29.6. The fraction of sp³-hybridized carbons (Fsp3) is 0.633. The first kappa shape index (κ1) is 30.4. The van der Waals surface area contributed by atoms with Crippen molar-refractivity contribution in [2.45, 2.75) is 100 Å². The zero-order valence-electron chi connectivity index (χ0n) is 25.2. The van der Waals surface area contributed by atoms with Gasteiger partial charge in [-0.2, -0.15) is 0 Å². The van der Waals surface area contributed by atoms with E-state index in [2.05, 4.69) is 22.6 Å². The predicted molar refractivity (Wildman–Crippen MR) is 164 cm³/mol. The fourth-order valence-electron chi connectivity index (χ4n) is 5.77. The van der Waals surface area contributed by atoms with Gasteiger partial charge >= 0.3 is 6.09 Å². The number of piperidine rings is 1. The summed E-state index contributed by atoms with van der Waals surface area (Å²) < 4.78 is 27.7. The van der Waals surface area contributed by atoms with Gasteiger partial charge in [-0.3, -0.25) is 4.90 Å². The monoisotopic (exact) mass is 601 g/mol. The fourth-order valence-corrected chi connectivity index (χ4v) is 7.71. The lowest BCUT2D eigenvalue weighted by molar-refractivity contribution is 0.0584. The van der Waals surface area contributed by atoms with Gasteiger partial charge in [0, 0.05) is 41.3 Å². The van der Waals surface area contributed by atoms with Gasteiger partial charge in [0.15, 0.2) is 0 Å². The maximum atomic E-state index is 12.9. The molecule has 0 aliphatic carbocycles. The van der Waals surface area contributed by atoms with E-state index in [4.69, 9.17) is 19.4 Å². The van der Waals surface area contributed by atoms with Crippen molar-refractivity contribution in [1.82, 2.24) is 14.7 Å². The van der Waals surface area contributed by atoms with E-state index in [0.29, 0.717) is 13.2 Å². The lowest BCUT2D eigenvalue weighted by Crippen LogP contribution is -2.56. The highest BCUT2D eigenvalue weighted by molar-refractivity contribution is 7.99. The Morgan fingerprint density at radius 1 is 1.15 bits per heavy atom. The molecule has 11 heteroatoms. The Hall–Kier alpha value is -2.05. The summed E-state index contributed by atoms with van der Waals surface area (Å²) in [5.41, 5.74) is 1.48. The first-order chi connectivity index (χ1) is 19.3. The Morgan fingerprint density at radius 2 is 1.88 bits per heavy atom. The molecule has 41 heavy (non-hydrogen) atoms. The minimum Gasteiger partial charge on any atom is -0.598 e. The second-order valence-corrected chi connectivity index (χ2v) is 16.4. The summed E-state index contributed by atoms with van der Waals surface area (Å²) in [5.74, 6) is 0.869. The third-order valence-electron chi connectivity index (χ3n) is 8.06. The second kappa shape index (κ2) is 11.6. The topological polar surface area (TPSA) is 103 Å². The molecule has 1 aromatic carbocycles. The Kier molecular flexibility index (Phi) is 8.57. The van der Waals surface area contributed by atoms with Crippen LogP contribution in [0, 0.1) is 5.41 Å². The third kappa shape index (κ3) is 6.64. The van der Waals surface area contributed by atoms with Crippen molar-refractivity contribution in [2.75, 3.05) is 36.0 Å². The summed E-state index contributed by atoms with van der Waals surface area (Å²) in [6.07, 6.45) is 6.07. The van der Waals surface area contributed by atoms with Crippen LogP contribution in [-0.2, 0) is 27.3 Å². The van der Waals surface area contributed by atoms with Crippen molar-refractivity contribution in [3.63, 3.8) is 0 Å². The third-order valence-corrected chi connectivity index (χ3v) is 10.7. The Morgan fingerprint density at radius 3 is 2.51 bits per heavy atom. The number of fused-ring (bicyclic) bond motifs is 1. The highest BCUT2D eigenvalue weighted by atomic mass is 32.2. The smallest absolute Gasteiger partial charge is 0.414 e. The van der Waals surface area contributed by atoms with Crippen LogP contribution in [0.2, 0.25) is 0 Å². The van der Waals surface area contributed by atoms with E-state index in [1.807, 2.05) is 66.1 Å². The van der Waals surface area contributed by atoms with Crippen LogP contribution in [0.3, 0.4) is 0 Å². The lowest BCUT2D eigenvalue weighted by atomic mass is 9.73. The van der Waals surface area contributed by atoms with Crippen molar-refractivity contribution in [1.29, 1.82) is 0 Å². The standard InChI is InChI=1S/C30H43N5O4S2/c1-20-26(33-41(37)29(5,6)7)30(19-38-20)12-15-34(16-13-30)24-17-32-25(18-31-24)40-23-10-8-9-22-21(23)11-14-35(22)27(36)39-28(2,3)4/h8-10,17-18,20,26,33H,11-16,19H2,1-7H3/t20-,26+,41?/m0/s1. The van der Waals surface area contributed by atoms with Gasteiger partial charge in [-0.25, -0.2) is 14.8 Å². The Labute approximate surface area is 251 Å². The number of carbonyl (C=O) groups is 1. The molecule has 1 aromatic heterocycles. The molecule has 3 aliphatic rings. The number of anilines is 2. The molecule has 1 spiro atoms. The summed E-state index contributed by atoms with van der Waals surface area (Å²) >= 11 is 0.431. The van der Waals surface area contributed by atoms with E-state index in [0.717, 1.165) is 59.3 Å². The molecule has 1 unspecified atom stereocenters. The summed E-state index contributed by atoms with van der Waals surface area (Å²) in [6.45, 7) is 16.7. The molecule has 224 valence electrons. The van der Waals surface area contributed by atoms with Gasteiger partial charge in [-0.1, -0.05) is 17.8 Å². The van der Waals surface area contributed by atoms with E-state index in [1.165, 1.54) is 0 Å². The molecule has 2 saturated heterocycles. The van der Waals surface area contributed by atoms with E-state index in [9.17, 15) is 9.35 Å². The number of ether oxygens (including phenoxy) is 2. The molecule has 4 heterocycles. The summed E-state index contributed by atoms with van der Waals surface area (Å²) in [6, 6.07) is 6.09. The maximum Gasteiger partial charge on any atom is 0.414 e. The van der Waals surface area contributed by atoms with Crippen LogP contribution >= 0.6 is 11.8 Å². The van der Waals surface area contributed by atoms with Crippen molar-refractivity contribution in [2.24, 2.45) is 5.41 Å². The van der Waals surface area contributed by atoms with Gasteiger partial charge in [0.1, 0.15) is 21.2 Å². The number of aromatic nitrogens is 2. The van der Waals surface area contributed by atoms with E-state index in [1.54, 1.807) is 16.7 Å². The van der Waals surface area contributed by atoms with Crippen LogP contribution in [0.15, 0.2) is 40.5 Å².